The molecule has 1 N–H and O–H groups in total. The third-order valence-corrected chi connectivity index (χ3v) is 3.74. The van der Waals surface area contributed by atoms with Crippen molar-refractivity contribution in [3.05, 3.63) is 59.7 Å². The zero-order valence-corrected chi connectivity index (χ0v) is 14.9. The van der Waals surface area contributed by atoms with Crippen LogP contribution in [-0.2, 0) is 14.4 Å². The van der Waals surface area contributed by atoms with E-state index >= 15 is 0 Å². The molecule has 7 heteroatoms. The fraction of sp³-hybridized carbons (Fsp3) is 0.150. The minimum Gasteiger partial charge on any atom is -0.490 e. The predicted molar refractivity (Wildman–Crippen MR) is 99.0 cm³/mol. The molecule has 138 valence electrons. The van der Waals surface area contributed by atoms with Crippen molar-refractivity contribution in [1.29, 1.82) is 0 Å². The number of para-hydroxylation sites is 1. The van der Waals surface area contributed by atoms with Crippen molar-refractivity contribution in [2.75, 3.05) is 11.6 Å². The SMILES string of the molecule is CCOc1cc(C=C2C(=O)NN(c3ccccc3)C2=O)ccc1OC(C)=O. The number of nitrogens with one attached hydrogen (secondary N) is 1. The van der Waals surface area contributed by atoms with Gasteiger partial charge in [0.1, 0.15) is 5.57 Å². The lowest BCUT2D eigenvalue weighted by Gasteiger charge is -2.13. The van der Waals surface area contributed by atoms with Gasteiger partial charge in [0.25, 0.3) is 11.8 Å². The Morgan fingerprint density at radius 1 is 1.11 bits per heavy atom. The average Bonchev–Trinajstić information content (AvgIpc) is 2.92. The number of carbonyl (C=O) groups is 3. The number of rotatable bonds is 5. The van der Waals surface area contributed by atoms with Crippen LogP contribution >= 0.6 is 0 Å². The Kier molecular flexibility index (Phi) is 5.21. The Hall–Kier alpha value is -3.61. The van der Waals surface area contributed by atoms with Gasteiger partial charge in [0.05, 0.1) is 12.3 Å². The van der Waals surface area contributed by atoms with Crippen LogP contribution in [0.25, 0.3) is 6.08 Å². The lowest BCUT2D eigenvalue weighted by molar-refractivity contribution is -0.132. The topological polar surface area (TPSA) is 84.9 Å². The summed E-state index contributed by atoms with van der Waals surface area (Å²) >= 11 is 0. The molecule has 1 aliphatic heterocycles. The number of carbonyl (C=O) groups excluding carboxylic acids is 3. The maximum atomic E-state index is 12.6. The second kappa shape index (κ2) is 7.74. The highest BCUT2D eigenvalue weighted by Gasteiger charge is 2.34. The van der Waals surface area contributed by atoms with Gasteiger partial charge < -0.3 is 9.47 Å². The monoisotopic (exact) mass is 366 g/mol. The summed E-state index contributed by atoms with van der Waals surface area (Å²) in [6.45, 7) is 3.47. The fourth-order valence-corrected chi connectivity index (χ4v) is 2.60. The first-order valence-corrected chi connectivity index (χ1v) is 8.37. The molecule has 27 heavy (non-hydrogen) atoms. The van der Waals surface area contributed by atoms with E-state index in [0.717, 1.165) is 0 Å². The predicted octanol–water partition coefficient (Wildman–Crippen LogP) is 2.47. The largest absolute Gasteiger partial charge is 0.490 e. The van der Waals surface area contributed by atoms with Crippen molar-refractivity contribution in [3.8, 4) is 11.5 Å². The molecule has 2 amide bonds. The standard InChI is InChI=1S/C20H18N2O5/c1-3-26-18-12-14(9-10-17(18)27-13(2)23)11-16-19(24)21-22(20(16)25)15-7-5-4-6-8-15/h4-12H,3H2,1-2H3,(H,21,24). The van der Waals surface area contributed by atoms with Gasteiger partial charge in [-0.1, -0.05) is 24.3 Å². The molecule has 1 saturated heterocycles. The van der Waals surface area contributed by atoms with E-state index in [-0.39, 0.29) is 11.3 Å². The highest BCUT2D eigenvalue weighted by atomic mass is 16.6. The molecule has 0 spiro atoms. The van der Waals surface area contributed by atoms with E-state index in [9.17, 15) is 14.4 Å². The number of anilines is 1. The van der Waals surface area contributed by atoms with Gasteiger partial charge in [-0.05, 0) is 42.8 Å². The normalized spacial score (nSPS) is 15.0. The highest BCUT2D eigenvalue weighted by Crippen LogP contribution is 2.30. The summed E-state index contributed by atoms with van der Waals surface area (Å²) in [6, 6.07) is 13.6. The van der Waals surface area contributed by atoms with E-state index < -0.39 is 17.8 Å². The molecule has 1 aliphatic rings. The number of hydrazine groups is 1. The molecule has 1 fully saturated rings. The summed E-state index contributed by atoms with van der Waals surface area (Å²) in [5, 5.41) is 1.20. The van der Waals surface area contributed by atoms with Gasteiger partial charge in [0.15, 0.2) is 11.5 Å². The lowest BCUT2D eigenvalue weighted by Crippen LogP contribution is -2.35. The third-order valence-electron chi connectivity index (χ3n) is 3.74. The number of hydrogen-bond donors (Lipinski definition) is 1. The van der Waals surface area contributed by atoms with Crippen LogP contribution in [0.2, 0.25) is 0 Å². The molecule has 3 rings (SSSR count). The quantitative estimate of drug-likeness (QED) is 0.380. The number of amides is 2. The van der Waals surface area contributed by atoms with Crippen LogP contribution in [-0.4, -0.2) is 24.4 Å². The van der Waals surface area contributed by atoms with Crippen LogP contribution < -0.4 is 19.9 Å². The average molecular weight is 366 g/mol. The maximum Gasteiger partial charge on any atom is 0.308 e. The van der Waals surface area contributed by atoms with E-state index in [2.05, 4.69) is 5.43 Å². The zero-order valence-electron chi connectivity index (χ0n) is 14.9. The van der Waals surface area contributed by atoms with Crippen LogP contribution in [0.3, 0.4) is 0 Å². The molecule has 7 nitrogen and oxygen atoms in total. The Labute approximate surface area is 156 Å². The highest BCUT2D eigenvalue weighted by molar-refractivity contribution is 6.31. The van der Waals surface area contributed by atoms with Crippen molar-refractivity contribution in [1.82, 2.24) is 5.43 Å². The van der Waals surface area contributed by atoms with Crippen molar-refractivity contribution in [2.24, 2.45) is 0 Å². The van der Waals surface area contributed by atoms with E-state index in [0.29, 0.717) is 23.6 Å². The first kappa shape index (κ1) is 18.2. The van der Waals surface area contributed by atoms with Gasteiger partial charge in [-0.25, -0.2) is 5.01 Å². The summed E-state index contributed by atoms with van der Waals surface area (Å²) in [4.78, 5) is 36.1. The summed E-state index contributed by atoms with van der Waals surface area (Å²) in [5.41, 5.74) is 3.69. The molecular weight excluding hydrogens is 348 g/mol. The van der Waals surface area contributed by atoms with Gasteiger partial charge in [-0.15, -0.1) is 0 Å². The Morgan fingerprint density at radius 3 is 2.52 bits per heavy atom. The van der Waals surface area contributed by atoms with Crippen molar-refractivity contribution < 1.29 is 23.9 Å². The summed E-state index contributed by atoms with van der Waals surface area (Å²) in [7, 11) is 0. The van der Waals surface area contributed by atoms with Gasteiger partial charge in [-0.3, -0.25) is 19.8 Å². The molecule has 2 aromatic carbocycles. The summed E-state index contributed by atoms with van der Waals surface area (Å²) in [5.74, 6) is -0.780. The number of hydrogen-bond acceptors (Lipinski definition) is 5. The first-order valence-electron chi connectivity index (χ1n) is 8.37. The smallest absolute Gasteiger partial charge is 0.308 e. The zero-order chi connectivity index (χ0) is 19.4. The van der Waals surface area contributed by atoms with Gasteiger partial charge >= 0.3 is 5.97 Å². The van der Waals surface area contributed by atoms with Gasteiger partial charge in [0, 0.05) is 6.92 Å². The van der Waals surface area contributed by atoms with Gasteiger partial charge in [-0.2, -0.15) is 0 Å². The molecule has 0 saturated carbocycles. The Balaban J connectivity index is 1.91. The van der Waals surface area contributed by atoms with Crippen LogP contribution in [0.15, 0.2) is 54.1 Å². The van der Waals surface area contributed by atoms with E-state index in [1.807, 2.05) is 6.07 Å². The molecule has 0 aromatic heterocycles. The maximum absolute atomic E-state index is 12.6. The molecule has 0 unspecified atom stereocenters. The van der Waals surface area contributed by atoms with E-state index in [4.69, 9.17) is 9.47 Å². The van der Waals surface area contributed by atoms with Crippen molar-refractivity contribution in [3.63, 3.8) is 0 Å². The lowest BCUT2D eigenvalue weighted by atomic mass is 10.1. The number of ether oxygens (including phenoxy) is 2. The molecule has 1 heterocycles. The number of benzene rings is 2. The third kappa shape index (κ3) is 3.98. The molecule has 2 aromatic rings. The number of nitrogens with zero attached hydrogens (tertiary/aromatic N) is 1. The van der Waals surface area contributed by atoms with Crippen LogP contribution in [0.5, 0.6) is 11.5 Å². The minimum absolute atomic E-state index is 0.00142. The Morgan fingerprint density at radius 2 is 1.85 bits per heavy atom. The Bertz CT molecular complexity index is 921. The van der Waals surface area contributed by atoms with E-state index in [1.165, 1.54) is 18.0 Å². The van der Waals surface area contributed by atoms with Crippen LogP contribution in [0.4, 0.5) is 5.69 Å². The van der Waals surface area contributed by atoms with Crippen LogP contribution in [0.1, 0.15) is 19.4 Å². The van der Waals surface area contributed by atoms with Crippen molar-refractivity contribution >= 4 is 29.5 Å². The number of esters is 1. The second-order valence-corrected chi connectivity index (χ2v) is 5.71. The summed E-state index contributed by atoms with van der Waals surface area (Å²) < 4.78 is 10.6. The molecular formula is C20H18N2O5. The van der Waals surface area contributed by atoms with Crippen LogP contribution in [0, 0.1) is 0 Å². The van der Waals surface area contributed by atoms with Gasteiger partial charge in [0.2, 0.25) is 0 Å². The molecule has 0 bridgehead atoms. The minimum atomic E-state index is -0.495. The summed E-state index contributed by atoms with van der Waals surface area (Å²) in [6.07, 6.45) is 1.47. The fourth-order valence-electron chi connectivity index (χ4n) is 2.60. The second-order valence-electron chi connectivity index (χ2n) is 5.71. The molecule has 0 radical (unpaired) electrons. The van der Waals surface area contributed by atoms with Crippen molar-refractivity contribution in [2.45, 2.75) is 13.8 Å². The van der Waals surface area contributed by atoms with E-state index in [1.54, 1.807) is 49.4 Å². The molecule has 0 aliphatic carbocycles. The molecule has 0 atom stereocenters. The first-order chi connectivity index (χ1) is 13.0.